The van der Waals surface area contributed by atoms with Crippen molar-refractivity contribution in [3.8, 4) is 5.75 Å². The normalized spacial score (nSPS) is 10.5. The van der Waals surface area contributed by atoms with E-state index < -0.39 is 0 Å². The van der Waals surface area contributed by atoms with E-state index in [-0.39, 0.29) is 5.78 Å². The molecule has 2 aromatic rings. The first-order valence-corrected chi connectivity index (χ1v) is 5.94. The lowest BCUT2D eigenvalue weighted by Gasteiger charge is -2.06. The molecule has 2 aromatic carbocycles. The van der Waals surface area contributed by atoms with Gasteiger partial charge in [0.05, 0.1) is 6.61 Å². The van der Waals surface area contributed by atoms with Crippen LogP contribution in [0.4, 0.5) is 0 Å². The van der Waals surface area contributed by atoms with Crippen LogP contribution in [0.5, 0.6) is 5.75 Å². The second-order valence-corrected chi connectivity index (χ2v) is 3.93. The summed E-state index contributed by atoms with van der Waals surface area (Å²) in [5, 5.41) is 2.18. The van der Waals surface area contributed by atoms with Gasteiger partial charge in [0, 0.05) is 12.0 Å². The summed E-state index contributed by atoms with van der Waals surface area (Å²) in [4.78, 5) is 11.6. The minimum atomic E-state index is 0.181. The molecule has 0 fully saturated rings. The Morgan fingerprint density at radius 3 is 2.47 bits per heavy atom. The first-order chi connectivity index (χ1) is 8.24. The third-order valence-electron chi connectivity index (χ3n) is 2.77. The summed E-state index contributed by atoms with van der Waals surface area (Å²) >= 11 is 0. The maximum absolute atomic E-state index is 11.6. The average molecular weight is 228 g/mol. The third kappa shape index (κ3) is 2.47. The van der Waals surface area contributed by atoms with Gasteiger partial charge in [-0.05, 0) is 35.9 Å². The molecule has 0 saturated heterocycles. The SMILES string of the molecule is CCOc1ccc2cc(C(=O)CC)ccc2c1. The van der Waals surface area contributed by atoms with Crippen LogP contribution in [-0.2, 0) is 0 Å². The van der Waals surface area contributed by atoms with Crippen molar-refractivity contribution in [1.82, 2.24) is 0 Å². The van der Waals surface area contributed by atoms with E-state index in [2.05, 4.69) is 0 Å². The summed E-state index contributed by atoms with van der Waals surface area (Å²) in [6, 6.07) is 11.7. The van der Waals surface area contributed by atoms with Crippen LogP contribution in [0.3, 0.4) is 0 Å². The van der Waals surface area contributed by atoms with Gasteiger partial charge in [0.1, 0.15) is 5.75 Å². The molecule has 0 atom stereocenters. The van der Waals surface area contributed by atoms with Crippen molar-refractivity contribution in [3.05, 3.63) is 42.0 Å². The fourth-order valence-corrected chi connectivity index (χ4v) is 1.86. The topological polar surface area (TPSA) is 26.3 Å². The smallest absolute Gasteiger partial charge is 0.162 e. The minimum Gasteiger partial charge on any atom is -0.494 e. The summed E-state index contributed by atoms with van der Waals surface area (Å²) < 4.78 is 5.45. The van der Waals surface area contributed by atoms with Crippen LogP contribution in [0.1, 0.15) is 30.6 Å². The zero-order valence-corrected chi connectivity index (χ0v) is 10.2. The van der Waals surface area contributed by atoms with Crippen LogP contribution >= 0.6 is 0 Å². The van der Waals surface area contributed by atoms with Crippen molar-refractivity contribution in [2.75, 3.05) is 6.61 Å². The largest absolute Gasteiger partial charge is 0.494 e. The van der Waals surface area contributed by atoms with Gasteiger partial charge in [0.25, 0.3) is 0 Å². The molecule has 0 bridgehead atoms. The Hall–Kier alpha value is -1.83. The number of rotatable bonds is 4. The number of hydrogen-bond acceptors (Lipinski definition) is 2. The van der Waals surface area contributed by atoms with E-state index in [0.717, 1.165) is 22.1 Å². The number of Topliss-reactive ketones (excluding diaryl/α,β-unsaturated/α-hetero) is 1. The van der Waals surface area contributed by atoms with E-state index in [1.165, 1.54) is 0 Å². The zero-order chi connectivity index (χ0) is 12.3. The van der Waals surface area contributed by atoms with Gasteiger partial charge in [-0.2, -0.15) is 0 Å². The number of carbonyl (C=O) groups is 1. The first-order valence-electron chi connectivity index (χ1n) is 5.94. The van der Waals surface area contributed by atoms with Crippen molar-refractivity contribution in [3.63, 3.8) is 0 Å². The fraction of sp³-hybridized carbons (Fsp3) is 0.267. The molecule has 2 heteroatoms. The van der Waals surface area contributed by atoms with Gasteiger partial charge in [-0.25, -0.2) is 0 Å². The molecule has 0 heterocycles. The minimum absolute atomic E-state index is 0.181. The van der Waals surface area contributed by atoms with Crippen molar-refractivity contribution >= 4 is 16.6 Å². The van der Waals surface area contributed by atoms with Gasteiger partial charge in [-0.3, -0.25) is 4.79 Å². The van der Waals surface area contributed by atoms with Crippen LogP contribution in [0.2, 0.25) is 0 Å². The van der Waals surface area contributed by atoms with E-state index in [4.69, 9.17) is 4.74 Å². The molecule has 0 radical (unpaired) electrons. The maximum atomic E-state index is 11.6. The highest BCUT2D eigenvalue weighted by Crippen LogP contribution is 2.22. The van der Waals surface area contributed by atoms with Gasteiger partial charge < -0.3 is 4.74 Å². The Balaban J connectivity index is 2.43. The highest BCUT2D eigenvalue weighted by molar-refractivity contribution is 5.99. The summed E-state index contributed by atoms with van der Waals surface area (Å²) in [5.41, 5.74) is 0.782. The van der Waals surface area contributed by atoms with Crippen molar-refractivity contribution in [2.24, 2.45) is 0 Å². The molecular weight excluding hydrogens is 212 g/mol. The predicted octanol–water partition coefficient (Wildman–Crippen LogP) is 3.83. The summed E-state index contributed by atoms with van der Waals surface area (Å²) in [5.74, 6) is 1.05. The number of hydrogen-bond donors (Lipinski definition) is 0. The molecule has 0 amide bonds. The fourth-order valence-electron chi connectivity index (χ4n) is 1.86. The summed E-state index contributed by atoms with van der Waals surface area (Å²) in [7, 11) is 0. The number of benzene rings is 2. The number of carbonyl (C=O) groups excluding carboxylic acids is 1. The number of ether oxygens (including phenoxy) is 1. The Labute approximate surface area is 101 Å². The van der Waals surface area contributed by atoms with E-state index >= 15 is 0 Å². The highest BCUT2D eigenvalue weighted by atomic mass is 16.5. The van der Waals surface area contributed by atoms with E-state index in [1.807, 2.05) is 50.2 Å². The molecule has 0 saturated carbocycles. The lowest BCUT2D eigenvalue weighted by atomic mass is 10.0. The van der Waals surface area contributed by atoms with Crippen molar-refractivity contribution in [1.29, 1.82) is 0 Å². The summed E-state index contributed by atoms with van der Waals surface area (Å²) in [6.07, 6.45) is 0.544. The van der Waals surface area contributed by atoms with Crippen molar-refractivity contribution in [2.45, 2.75) is 20.3 Å². The van der Waals surface area contributed by atoms with Crippen LogP contribution in [0.25, 0.3) is 10.8 Å². The van der Waals surface area contributed by atoms with Gasteiger partial charge >= 0.3 is 0 Å². The second kappa shape index (κ2) is 5.00. The second-order valence-electron chi connectivity index (χ2n) is 3.93. The van der Waals surface area contributed by atoms with Crippen LogP contribution < -0.4 is 4.74 Å². The quantitative estimate of drug-likeness (QED) is 0.743. The van der Waals surface area contributed by atoms with Gasteiger partial charge in [-0.1, -0.05) is 25.1 Å². The summed E-state index contributed by atoms with van der Waals surface area (Å²) in [6.45, 7) is 4.51. The standard InChI is InChI=1S/C15H16O2/c1-3-15(16)13-6-5-12-10-14(17-4-2)8-7-11(12)9-13/h5-10H,3-4H2,1-2H3. The Kier molecular flexibility index (Phi) is 3.43. The molecule has 2 nitrogen and oxygen atoms in total. The van der Waals surface area contributed by atoms with Gasteiger partial charge in [-0.15, -0.1) is 0 Å². The predicted molar refractivity (Wildman–Crippen MR) is 69.7 cm³/mol. The molecule has 0 aromatic heterocycles. The van der Waals surface area contributed by atoms with Gasteiger partial charge in [0.2, 0.25) is 0 Å². The van der Waals surface area contributed by atoms with E-state index in [9.17, 15) is 4.79 Å². The molecule has 0 aliphatic heterocycles. The lowest BCUT2D eigenvalue weighted by molar-refractivity contribution is 0.0988. The molecule has 0 aliphatic rings. The molecule has 0 spiro atoms. The van der Waals surface area contributed by atoms with E-state index in [1.54, 1.807) is 0 Å². The number of fused-ring (bicyclic) bond motifs is 1. The van der Waals surface area contributed by atoms with Crippen LogP contribution in [0.15, 0.2) is 36.4 Å². The Morgan fingerprint density at radius 1 is 1.06 bits per heavy atom. The average Bonchev–Trinajstić information content (AvgIpc) is 2.37. The molecular formula is C15H16O2. The first kappa shape index (κ1) is 11.6. The van der Waals surface area contributed by atoms with Gasteiger partial charge in [0.15, 0.2) is 5.78 Å². The molecule has 0 aliphatic carbocycles. The van der Waals surface area contributed by atoms with E-state index in [0.29, 0.717) is 13.0 Å². The monoisotopic (exact) mass is 228 g/mol. The highest BCUT2D eigenvalue weighted by Gasteiger charge is 2.04. The molecule has 17 heavy (non-hydrogen) atoms. The Bertz CT molecular complexity index is 544. The third-order valence-corrected chi connectivity index (χ3v) is 2.77. The number of ketones is 1. The lowest BCUT2D eigenvalue weighted by Crippen LogP contribution is -1.96. The maximum Gasteiger partial charge on any atom is 0.162 e. The van der Waals surface area contributed by atoms with Crippen molar-refractivity contribution < 1.29 is 9.53 Å². The molecule has 0 unspecified atom stereocenters. The molecule has 2 rings (SSSR count). The Morgan fingerprint density at radius 2 is 1.76 bits per heavy atom. The zero-order valence-electron chi connectivity index (χ0n) is 10.2. The molecule has 0 N–H and O–H groups in total. The van der Waals surface area contributed by atoms with Crippen LogP contribution in [0, 0.1) is 0 Å². The molecule has 88 valence electrons. The van der Waals surface area contributed by atoms with Crippen LogP contribution in [-0.4, -0.2) is 12.4 Å².